The van der Waals surface area contributed by atoms with E-state index in [9.17, 15) is 14.7 Å². The molecule has 0 saturated heterocycles. The average molecular weight is 588 g/mol. The predicted molar refractivity (Wildman–Crippen MR) is 162 cm³/mol. The molecule has 42 heavy (non-hydrogen) atoms. The van der Waals surface area contributed by atoms with Crippen LogP contribution in [0.3, 0.4) is 0 Å². The topological polar surface area (TPSA) is 134 Å². The van der Waals surface area contributed by atoms with Gasteiger partial charge in [0.05, 0.1) is 5.56 Å². The van der Waals surface area contributed by atoms with Crippen molar-refractivity contribution in [2.24, 2.45) is 5.92 Å². The van der Waals surface area contributed by atoms with E-state index in [0.29, 0.717) is 48.0 Å². The Morgan fingerprint density at radius 2 is 1.81 bits per heavy atom. The Hall–Kier alpha value is -4.44. The van der Waals surface area contributed by atoms with Gasteiger partial charge in [0.2, 0.25) is 11.9 Å². The minimum Gasteiger partial charge on any atom is -0.478 e. The van der Waals surface area contributed by atoms with Crippen LogP contribution in [0.5, 0.6) is 0 Å². The number of rotatable bonds is 12. The normalized spacial score (nSPS) is 14.2. The van der Waals surface area contributed by atoms with Crippen LogP contribution in [0.1, 0.15) is 60.0 Å². The molecule has 4 aromatic rings. The number of hydrogen-bond acceptors (Lipinski definition) is 7. The molecule has 1 atom stereocenters. The highest BCUT2D eigenvalue weighted by Gasteiger charge is 2.25. The number of benzene rings is 2. The maximum atomic E-state index is 13.5. The zero-order valence-corrected chi connectivity index (χ0v) is 23.9. The number of anilines is 2. The predicted octanol–water partition coefficient (Wildman–Crippen LogP) is 5.69. The summed E-state index contributed by atoms with van der Waals surface area (Å²) in [6.45, 7) is 0.714. The number of imidazole rings is 1. The summed E-state index contributed by atoms with van der Waals surface area (Å²) in [6.07, 6.45) is 11.6. The number of aromatic nitrogens is 4. The lowest BCUT2D eigenvalue weighted by Crippen LogP contribution is -2.41. The fraction of sp³-hybridized carbons (Fsp3) is 0.323. The number of carboxylic acid groups (broad SMARTS) is 1. The number of nitrogens with zero attached hydrogens (tertiary/aromatic N) is 4. The standard InChI is InChI=1S/C31H34ClN7O3/c32-25-11-9-22(10-12-25)18-34-29(40)26(16-21-5-2-1-3-6-21)36-27-17-28(39-14-13-33-20-39)38-31(37-27)35-19-23-7-4-8-24(15-23)30(41)42/h4,7-15,17,20-21,26H,1-3,5-6,16,18-19H2,(H,34,40)(H,41,42)(H2,35,36,37,38)/t26-/m1/s1. The van der Waals surface area contributed by atoms with Crippen molar-refractivity contribution >= 4 is 35.2 Å². The van der Waals surface area contributed by atoms with Gasteiger partial charge in [0, 0.05) is 36.6 Å². The van der Waals surface area contributed by atoms with E-state index in [1.54, 1.807) is 47.6 Å². The summed E-state index contributed by atoms with van der Waals surface area (Å²) in [5.41, 5.74) is 1.95. The highest BCUT2D eigenvalue weighted by molar-refractivity contribution is 6.30. The van der Waals surface area contributed by atoms with Crippen molar-refractivity contribution in [2.45, 2.75) is 57.7 Å². The Labute approximate surface area is 249 Å². The highest BCUT2D eigenvalue weighted by Crippen LogP contribution is 2.28. The van der Waals surface area contributed by atoms with Gasteiger partial charge in [-0.1, -0.05) is 68.0 Å². The molecule has 10 nitrogen and oxygen atoms in total. The Morgan fingerprint density at radius 1 is 1.00 bits per heavy atom. The third kappa shape index (κ3) is 8.07. The van der Waals surface area contributed by atoms with Crippen LogP contribution >= 0.6 is 11.6 Å². The lowest BCUT2D eigenvalue weighted by atomic mass is 9.84. The summed E-state index contributed by atoms with van der Waals surface area (Å²) in [4.78, 5) is 38.4. The minimum absolute atomic E-state index is 0.0988. The number of amides is 1. The van der Waals surface area contributed by atoms with Crippen LogP contribution in [0.15, 0.2) is 73.3 Å². The van der Waals surface area contributed by atoms with E-state index in [2.05, 4.69) is 30.9 Å². The zero-order valence-electron chi connectivity index (χ0n) is 23.2. The van der Waals surface area contributed by atoms with Gasteiger partial charge in [-0.05, 0) is 47.7 Å². The van der Waals surface area contributed by atoms with Crippen LogP contribution in [0, 0.1) is 5.92 Å². The molecule has 1 amide bonds. The largest absolute Gasteiger partial charge is 0.478 e. The van der Waals surface area contributed by atoms with E-state index in [1.165, 1.54) is 19.3 Å². The van der Waals surface area contributed by atoms with E-state index in [0.717, 1.165) is 24.0 Å². The van der Waals surface area contributed by atoms with Crippen LogP contribution in [0.2, 0.25) is 5.02 Å². The lowest BCUT2D eigenvalue weighted by molar-refractivity contribution is -0.122. The van der Waals surface area contributed by atoms with E-state index < -0.39 is 12.0 Å². The van der Waals surface area contributed by atoms with Gasteiger partial charge >= 0.3 is 5.97 Å². The molecule has 1 aliphatic carbocycles. The third-order valence-electron chi connectivity index (χ3n) is 7.42. The molecule has 1 aliphatic rings. The number of hydrogen-bond donors (Lipinski definition) is 4. The first-order chi connectivity index (χ1) is 20.4. The van der Waals surface area contributed by atoms with Crippen molar-refractivity contribution in [3.05, 3.63) is 95.0 Å². The molecular formula is C31H34ClN7O3. The van der Waals surface area contributed by atoms with Crippen molar-refractivity contribution < 1.29 is 14.7 Å². The van der Waals surface area contributed by atoms with E-state index in [-0.39, 0.29) is 11.5 Å². The zero-order chi connectivity index (χ0) is 29.3. The van der Waals surface area contributed by atoms with Gasteiger partial charge in [0.1, 0.15) is 24.0 Å². The van der Waals surface area contributed by atoms with Crippen LogP contribution in [-0.2, 0) is 17.9 Å². The molecule has 0 unspecified atom stereocenters. The van der Waals surface area contributed by atoms with Gasteiger partial charge < -0.3 is 21.1 Å². The monoisotopic (exact) mass is 587 g/mol. The van der Waals surface area contributed by atoms with Crippen molar-refractivity contribution in [2.75, 3.05) is 10.6 Å². The van der Waals surface area contributed by atoms with Crippen molar-refractivity contribution in [3.8, 4) is 5.82 Å². The SMILES string of the molecule is O=C(O)c1cccc(CNc2nc(N[C@H](CC3CCCCC3)C(=O)NCc3ccc(Cl)cc3)cc(-n3ccnc3)n2)c1. The number of halogens is 1. The maximum Gasteiger partial charge on any atom is 0.335 e. The molecule has 2 aromatic heterocycles. The Balaban J connectivity index is 1.36. The number of carboxylic acids is 1. The Kier molecular flexibility index (Phi) is 9.66. The second-order valence-electron chi connectivity index (χ2n) is 10.5. The van der Waals surface area contributed by atoms with Crippen LogP contribution < -0.4 is 16.0 Å². The summed E-state index contributed by atoms with van der Waals surface area (Å²) < 4.78 is 1.76. The van der Waals surface area contributed by atoms with E-state index in [4.69, 9.17) is 11.6 Å². The molecule has 218 valence electrons. The van der Waals surface area contributed by atoms with Gasteiger partial charge in [0.15, 0.2) is 0 Å². The first kappa shape index (κ1) is 29.1. The van der Waals surface area contributed by atoms with Crippen LogP contribution in [0.25, 0.3) is 5.82 Å². The number of carbonyl (C=O) groups is 2. The number of aromatic carboxylic acids is 1. The highest BCUT2D eigenvalue weighted by atomic mass is 35.5. The molecule has 0 aliphatic heterocycles. The summed E-state index contributed by atoms with van der Waals surface area (Å²) in [6, 6.07) is 15.4. The van der Waals surface area contributed by atoms with E-state index in [1.807, 2.05) is 30.3 Å². The lowest BCUT2D eigenvalue weighted by Gasteiger charge is -2.27. The molecule has 0 spiro atoms. The van der Waals surface area contributed by atoms with Crippen molar-refractivity contribution in [3.63, 3.8) is 0 Å². The van der Waals surface area contributed by atoms with Gasteiger partial charge in [-0.2, -0.15) is 9.97 Å². The number of carbonyl (C=O) groups excluding carboxylic acids is 1. The first-order valence-electron chi connectivity index (χ1n) is 14.1. The molecule has 0 radical (unpaired) electrons. The molecule has 2 aromatic carbocycles. The Bertz CT molecular complexity index is 1490. The average Bonchev–Trinajstić information content (AvgIpc) is 3.55. The van der Waals surface area contributed by atoms with Crippen molar-refractivity contribution in [1.82, 2.24) is 24.8 Å². The third-order valence-corrected chi connectivity index (χ3v) is 7.67. The van der Waals surface area contributed by atoms with Gasteiger partial charge in [-0.15, -0.1) is 0 Å². The quantitative estimate of drug-likeness (QED) is 0.166. The van der Waals surface area contributed by atoms with Crippen molar-refractivity contribution in [1.29, 1.82) is 0 Å². The summed E-state index contributed by atoms with van der Waals surface area (Å²) >= 11 is 6.02. The maximum absolute atomic E-state index is 13.5. The first-order valence-corrected chi connectivity index (χ1v) is 14.5. The number of nitrogens with one attached hydrogen (secondary N) is 3. The van der Waals surface area contributed by atoms with Gasteiger partial charge in [0.25, 0.3) is 0 Å². The summed E-state index contributed by atoms with van der Waals surface area (Å²) in [7, 11) is 0. The molecule has 5 rings (SSSR count). The smallest absolute Gasteiger partial charge is 0.335 e. The molecule has 1 fully saturated rings. The van der Waals surface area contributed by atoms with Gasteiger partial charge in [-0.25, -0.2) is 9.78 Å². The summed E-state index contributed by atoms with van der Waals surface area (Å²) in [5.74, 6) is 0.773. The molecule has 2 heterocycles. The molecule has 11 heteroatoms. The fourth-order valence-electron chi connectivity index (χ4n) is 5.19. The minimum atomic E-state index is -0.986. The van der Waals surface area contributed by atoms with E-state index >= 15 is 0 Å². The van der Waals surface area contributed by atoms with Gasteiger partial charge in [-0.3, -0.25) is 9.36 Å². The molecule has 0 bridgehead atoms. The second-order valence-corrected chi connectivity index (χ2v) is 11.0. The molecular weight excluding hydrogens is 554 g/mol. The Morgan fingerprint density at radius 3 is 2.55 bits per heavy atom. The fourth-order valence-corrected chi connectivity index (χ4v) is 5.32. The van der Waals surface area contributed by atoms with Crippen LogP contribution in [-0.4, -0.2) is 42.5 Å². The van der Waals surface area contributed by atoms with Crippen LogP contribution in [0.4, 0.5) is 11.8 Å². The second kappa shape index (κ2) is 14.0. The molecule has 4 N–H and O–H groups in total. The summed E-state index contributed by atoms with van der Waals surface area (Å²) in [5, 5.41) is 19.7. The molecule has 1 saturated carbocycles.